The molecular weight excluding hydrogens is 146 g/mol. The Balaban J connectivity index is 2.76. The molecule has 0 aromatic rings. The average Bonchev–Trinajstić information content (AvgIpc) is 2.04. The minimum absolute atomic E-state index is 0.579. The van der Waals surface area contributed by atoms with Gasteiger partial charge >= 0.3 is 0 Å². The lowest BCUT2D eigenvalue weighted by Crippen LogP contribution is -2.28. The molecule has 0 bridgehead atoms. The first-order valence-corrected chi connectivity index (χ1v) is 4.78. The van der Waals surface area contributed by atoms with Crippen molar-refractivity contribution in [2.75, 3.05) is 0 Å². The van der Waals surface area contributed by atoms with E-state index in [1.807, 2.05) is 0 Å². The highest BCUT2D eigenvalue weighted by atomic mass is 15.1. The molecule has 0 N–H and O–H groups in total. The molecule has 1 heteroatoms. The van der Waals surface area contributed by atoms with E-state index in [0.717, 1.165) is 6.42 Å². The first kappa shape index (κ1) is 9.37. The van der Waals surface area contributed by atoms with Crippen LogP contribution < -0.4 is 0 Å². The molecule has 1 heterocycles. The van der Waals surface area contributed by atoms with Gasteiger partial charge < -0.3 is 4.90 Å². The van der Waals surface area contributed by atoms with Crippen LogP contribution in [-0.4, -0.2) is 10.9 Å². The summed E-state index contributed by atoms with van der Waals surface area (Å²) in [6, 6.07) is 0.579. The van der Waals surface area contributed by atoms with Gasteiger partial charge in [-0.1, -0.05) is 26.0 Å². The Labute approximate surface area is 75.8 Å². The average molecular weight is 165 g/mol. The molecule has 12 heavy (non-hydrogen) atoms. The largest absolute Gasteiger partial charge is 0.349 e. The highest BCUT2D eigenvalue weighted by Gasteiger charge is 2.14. The summed E-state index contributed by atoms with van der Waals surface area (Å²) in [4.78, 5) is 2.36. The Morgan fingerprint density at radius 2 is 1.92 bits per heavy atom. The van der Waals surface area contributed by atoms with Crippen molar-refractivity contribution in [1.82, 2.24) is 4.90 Å². The van der Waals surface area contributed by atoms with Crippen molar-refractivity contribution in [3.63, 3.8) is 0 Å². The van der Waals surface area contributed by atoms with Gasteiger partial charge in [0, 0.05) is 17.9 Å². The van der Waals surface area contributed by atoms with Crippen molar-refractivity contribution < 1.29 is 0 Å². The Morgan fingerprint density at radius 1 is 1.25 bits per heavy atom. The van der Waals surface area contributed by atoms with Gasteiger partial charge in [-0.2, -0.15) is 0 Å². The SMILES string of the molecule is CC(C)C1=CCC=CN1C(C)C. The Hall–Kier alpha value is -0.720. The second kappa shape index (κ2) is 3.79. The molecule has 0 fully saturated rings. The Bertz CT molecular complexity index is 199. The van der Waals surface area contributed by atoms with Gasteiger partial charge in [0.05, 0.1) is 0 Å². The van der Waals surface area contributed by atoms with Crippen LogP contribution in [-0.2, 0) is 0 Å². The molecule has 68 valence electrons. The molecule has 0 radical (unpaired) electrons. The second-order valence-electron chi connectivity index (χ2n) is 3.91. The van der Waals surface area contributed by atoms with Crippen LogP contribution in [0.5, 0.6) is 0 Å². The van der Waals surface area contributed by atoms with Crippen molar-refractivity contribution >= 4 is 0 Å². The zero-order valence-electron chi connectivity index (χ0n) is 8.54. The highest BCUT2D eigenvalue weighted by Crippen LogP contribution is 2.22. The van der Waals surface area contributed by atoms with Gasteiger partial charge in [-0.05, 0) is 26.2 Å². The summed E-state index contributed by atoms with van der Waals surface area (Å²) in [7, 11) is 0. The summed E-state index contributed by atoms with van der Waals surface area (Å²) >= 11 is 0. The number of hydrogen-bond acceptors (Lipinski definition) is 1. The molecule has 1 aliphatic heterocycles. The van der Waals surface area contributed by atoms with E-state index in [9.17, 15) is 0 Å². The van der Waals surface area contributed by atoms with E-state index >= 15 is 0 Å². The molecule has 0 atom stereocenters. The van der Waals surface area contributed by atoms with Gasteiger partial charge in [0.15, 0.2) is 0 Å². The minimum atomic E-state index is 0.579. The van der Waals surface area contributed by atoms with Gasteiger partial charge in [-0.3, -0.25) is 0 Å². The zero-order valence-corrected chi connectivity index (χ0v) is 8.54. The molecule has 0 aromatic heterocycles. The maximum atomic E-state index is 2.36. The predicted octanol–water partition coefficient (Wildman–Crippen LogP) is 3.15. The smallest absolute Gasteiger partial charge is 0.0276 e. The van der Waals surface area contributed by atoms with Crippen molar-refractivity contribution in [3.05, 3.63) is 24.0 Å². The number of rotatable bonds is 2. The molecule has 0 aromatic carbocycles. The fourth-order valence-electron chi connectivity index (χ4n) is 1.56. The van der Waals surface area contributed by atoms with Crippen LogP contribution in [0.25, 0.3) is 0 Å². The highest BCUT2D eigenvalue weighted by molar-refractivity contribution is 5.15. The third-order valence-electron chi connectivity index (χ3n) is 2.18. The molecule has 0 aliphatic carbocycles. The van der Waals surface area contributed by atoms with E-state index < -0.39 is 0 Å². The molecule has 1 aliphatic rings. The lowest BCUT2D eigenvalue weighted by molar-refractivity contribution is 0.342. The van der Waals surface area contributed by atoms with Crippen molar-refractivity contribution in [2.45, 2.75) is 40.2 Å². The van der Waals surface area contributed by atoms with Crippen molar-refractivity contribution in [1.29, 1.82) is 0 Å². The summed E-state index contributed by atoms with van der Waals surface area (Å²) in [5.74, 6) is 0.636. The number of allylic oxidation sites excluding steroid dienone is 3. The van der Waals surface area contributed by atoms with Gasteiger partial charge in [0.2, 0.25) is 0 Å². The molecule has 0 spiro atoms. The number of hydrogen-bond donors (Lipinski definition) is 0. The van der Waals surface area contributed by atoms with E-state index in [2.05, 4.69) is 50.9 Å². The third kappa shape index (κ3) is 1.90. The quantitative estimate of drug-likeness (QED) is 0.607. The van der Waals surface area contributed by atoms with Crippen LogP contribution in [0, 0.1) is 5.92 Å². The van der Waals surface area contributed by atoms with Gasteiger partial charge in [0.25, 0.3) is 0 Å². The van der Waals surface area contributed by atoms with Crippen LogP contribution in [0.15, 0.2) is 24.0 Å². The van der Waals surface area contributed by atoms with Crippen LogP contribution in [0.3, 0.4) is 0 Å². The fraction of sp³-hybridized carbons (Fsp3) is 0.636. The summed E-state index contributed by atoms with van der Waals surface area (Å²) in [5.41, 5.74) is 1.47. The van der Waals surface area contributed by atoms with Crippen molar-refractivity contribution in [2.24, 2.45) is 5.92 Å². The standard InChI is InChI=1S/C11H19N/c1-9(2)11-7-5-6-8-12(11)10(3)4/h6-10H,5H2,1-4H3. The lowest BCUT2D eigenvalue weighted by Gasteiger charge is -2.32. The van der Waals surface area contributed by atoms with E-state index in [0.29, 0.717) is 12.0 Å². The molecule has 0 amide bonds. The van der Waals surface area contributed by atoms with Crippen LogP contribution >= 0.6 is 0 Å². The molecule has 1 rings (SSSR count). The number of nitrogens with zero attached hydrogens (tertiary/aromatic N) is 1. The summed E-state index contributed by atoms with van der Waals surface area (Å²) < 4.78 is 0. The topological polar surface area (TPSA) is 3.24 Å². The Morgan fingerprint density at radius 3 is 2.33 bits per heavy atom. The van der Waals surface area contributed by atoms with Gasteiger partial charge in [-0.25, -0.2) is 0 Å². The monoisotopic (exact) mass is 165 g/mol. The Kier molecular flexibility index (Phi) is 2.96. The molecule has 0 saturated carbocycles. The lowest BCUT2D eigenvalue weighted by atomic mass is 10.0. The predicted molar refractivity (Wildman–Crippen MR) is 53.7 cm³/mol. The summed E-state index contributed by atoms with van der Waals surface area (Å²) in [6.45, 7) is 8.96. The summed E-state index contributed by atoms with van der Waals surface area (Å²) in [6.07, 6.45) is 7.84. The fourth-order valence-corrected chi connectivity index (χ4v) is 1.56. The first-order chi connectivity index (χ1) is 5.63. The molecule has 0 unspecified atom stereocenters. The van der Waals surface area contributed by atoms with Crippen LogP contribution in [0.2, 0.25) is 0 Å². The van der Waals surface area contributed by atoms with E-state index in [1.165, 1.54) is 5.70 Å². The van der Waals surface area contributed by atoms with Crippen molar-refractivity contribution in [3.8, 4) is 0 Å². The van der Waals surface area contributed by atoms with Gasteiger partial charge in [0.1, 0.15) is 0 Å². The molecular formula is C11H19N. The van der Waals surface area contributed by atoms with Crippen LogP contribution in [0.4, 0.5) is 0 Å². The maximum Gasteiger partial charge on any atom is 0.0276 e. The zero-order chi connectivity index (χ0) is 9.14. The second-order valence-corrected chi connectivity index (χ2v) is 3.91. The molecule has 1 nitrogen and oxygen atoms in total. The summed E-state index contributed by atoms with van der Waals surface area (Å²) in [5, 5.41) is 0. The van der Waals surface area contributed by atoms with E-state index in [-0.39, 0.29) is 0 Å². The van der Waals surface area contributed by atoms with E-state index in [4.69, 9.17) is 0 Å². The normalized spacial score (nSPS) is 17.5. The molecule has 0 saturated heterocycles. The minimum Gasteiger partial charge on any atom is -0.349 e. The van der Waals surface area contributed by atoms with E-state index in [1.54, 1.807) is 0 Å². The first-order valence-electron chi connectivity index (χ1n) is 4.78. The van der Waals surface area contributed by atoms with Gasteiger partial charge in [-0.15, -0.1) is 0 Å². The third-order valence-corrected chi connectivity index (χ3v) is 2.18. The maximum absolute atomic E-state index is 2.36. The van der Waals surface area contributed by atoms with Crippen LogP contribution in [0.1, 0.15) is 34.1 Å².